The van der Waals surface area contributed by atoms with Gasteiger partial charge >= 0.3 is 0 Å². The Morgan fingerprint density at radius 3 is 2.57 bits per heavy atom. The van der Waals surface area contributed by atoms with Crippen LogP contribution in [-0.4, -0.2) is 9.55 Å². The molecule has 0 aliphatic heterocycles. The van der Waals surface area contributed by atoms with E-state index in [1.54, 1.807) is 0 Å². The highest BCUT2D eigenvalue weighted by Crippen LogP contribution is 2.15. The first-order chi connectivity index (χ1) is 6.70. The lowest BCUT2D eigenvalue weighted by Crippen LogP contribution is -2.07. The summed E-state index contributed by atoms with van der Waals surface area (Å²) in [6.45, 7) is 7.36. The fourth-order valence-corrected chi connectivity index (χ4v) is 1.63. The number of unbranched alkanes of at least 4 members (excludes halogenated alkanes) is 1. The molecule has 0 unspecified atom stereocenters. The van der Waals surface area contributed by atoms with Crippen LogP contribution in [0.1, 0.15) is 44.6 Å². The quantitative estimate of drug-likeness (QED) is 0.784. The van der Waals surface area contributed by atoms with Crippen molar-refractivity contribution in [1.29, 1.82) is 0 Å². The number of anilines is 1. The fourth-order valence-electron chi connectivity index (χ4n) is 1.63. The van der Waals surface area contributed by atoms with Crippen molar-refractivity contribution in [2.75, 3.05) is 5.73 Å². The Hall–Kier alpha value is -0.990. The smallest absolute Gasteiger partial charge is 0.126 e. The average molecular weight is 195 g/mol. The lowest BCUT2D eigenvalue weighted by molar-refractivity contribution is 0.604. The van der Waals surface area contributed by atoms with Gasteiger partial charge in [-0.25, -0.2) is 4.98 Å². The number of aromatic nitrogens is 2. The number of aryl methyl sites for hydroxylation is 2. The van der Waals surface area contributed by atoms with E-state index in [-0.39, 0.29) is 0 Å². The molecule has 0 amide bonds. The number of hydrogen-bond acceptors (Lipinski definition) is 2. The maximum Gasteiger partial charge on any atom is 0.126 e. The van der Waals surface area contributed by atoms with Gasteiger partial charge in [0.1, 0.15) is 11.6 Å². The van der Waals surface area contributed by atoms with Gasteiger partial charge in [-0.1, -0.05) is 20.3 Å². The van der Waals surface area contributed by atoms with E-state index < -0.39 is 0 Å². The van der Waals surface area contributed by atoms with Crippen LogP contribution < -0.4 is 5.73 Å². The monoisotopic (exact) mass is 195 g/mol. The van der Waals surface area contributed by atoms with Crippen LogP contribution >= 0.6 is 0 Å². The zero-order chi connectivity index (χ0) is 10.6. The zero-order valence-corrected chi connectivity index (χ0v) is 9.51. The minimum absolute atomic E-state index is 0.849. The Kier molecular flexibility index (Phi) is 3.98. The molecule has 0 fully saturated rings. The number of rotatable bonds is 5. The van der Waals surface area contributed by atoms with E-state index >= 15 is 0 Å². The van der Waals surface area contributed by atoms with Crippen LogP contribution in [0, 0.1) is 6.92 Å². The van der Waals surface area contributed by atoms with Gasteiger partial charge in [0.05, 0.1) is 5.69 Å². The molecule has 1 aromatic rings. The van der Waals surface area contributed by atoms with Crippen molar-refractivity contribution in [2.24, 2.45) is 0 Å². The molecule has 0 saturated carbocycles. The summed E-state index contributed by atoms with van der Waals surface area (Å²) in [6.07, 6.45) is 4.53. The van der Waals surface area contributed by atoms with E-state index in [4.69, 9.17) is 5.73 Å². The van der Waals surface area contributed by atoms with Gasteiger partial charge in [-0.05, 0) is 19.8 Å². The topological polar surface area (TPSA) is 43.8 Å². The van der Waals surface area contributed by atoms with Crippen molar-refractivity contribution in [3.05, 3.63) is 11.5 Å². The van der Waals surface area contributed by atoms with Crippen LogP contribution in [-0.2, 0) is 13.0 Å². The average Bonchev–Trinajstić information content (AvgIpc) is 2.42. The summed E-state index contributed by atoms with van der Waals surface area (Å²) in [5, 5.41) is 0. The second-order valence-corrected chi connectivity index (χ2v) is 3.75. The molecule has 1 rings (SSSR count). The van der Waals surface area contributed by atoms with E-state index in [1.807, 2.05) is 6.92 Å². The van der Waals surface area contributed by atoms with Crippen molar-refractivity contribution in [1.82, 2.24) is 9.55 Å². The van der Waals surface area contributed by atoms with Crippen molar-refractivity contribution >= 4 is 5.82 Å². The Labute approximate surface area is 86.3 Å². The molecule has 0 aliphatic rings. The minimum atomic E-state index is 0.849. The molecular weight excluding hydrogens is 174 g/mol. The van der Waals surface area contributed by atoms with Crippen molar-refractivity contribution in [3.8, 4) is 0 Å². The summed E-state index contributed by atoms with van der Waals surface area (Å²) in [5.74, 6) is 2.00. The molecule has 1 aromatic heterocycles. The van der Waals surface area contributed by atoms with E-state index in [0.29, 0.717) is 0 Å². The Bertz CT molecular complexity index is 289. The highest BCUT2D eigenvalue weighted by molar-refractivity contribution is 5.37. The van der Waals surface area contributed by atoms with Gasteiger partial charge in [0.15, 0.2) is 0 Å². The van der Waals surface area contributed by atoms with Crippen molar-refractivity contribution in [2.45, 2.75) is 53.0 Å². The molecule has 0 radical (unpaired) electrons. The molecule has 0 atom stereocenters. The number of hydrogen-bond donors (Lipinski definition) is 1. The van der Waals surface area contributed by atoms with Gasteiger partial charge in [-0.3, -0.25) is 0 Å². The number of imidazole rings is 1. The normalized spacial score (nSPS) is 10.8. The van der Waals surface area contributed by atoms with Crippen LogP contribution in [0.15, 0.2) is 0 Å². The van der Waals surface area contributed by atoms with Crippen LogP contribution in [0.25, 0.3) is 0 Å². The van der Waals surface area contributed by atoms with Crippen molar-refractivity contribution in [3.63, 3.8) is 0 Å². The molecular formula is C11H21N3. The van der Waals surface area contributed by atoms with Crippen molar-refractivity contribution < 1.29 is 0 Å². The van der Waals surface area contributed by atoms with Gasteiger partial charge in [-0.15, -0.1) is 0 Å². The third-order valence-electron chi connectivity index (χ3n) is 2.48. The van der Waals surface area contributed by atoms with E-state index in [9.17, 15) is 0 Å². The number of nitrogens with zero attached hydrogens (tertiary/aromatic N) is 2. The Balaban J connectivity index is 2.85. The molecule has 2 N–H and O–H groups in total. The first-order valence-corrected chi connectivity index (χ1v) is 5.52. The molecule has 0 spiro atoms. The second-order valence-electron chi connectivity index (χ2n) is 3.75. The molecule has 80 valence electrons. The predicted octanol–water partition coefficient (Wildman–Crippen LogP) is 2.53. The van der Waals surface area contributed by atoms with Gasteiger partial charge in [0.2, 0.25) is 0 Å². The van der Waals surface area contributed by atoms with E-state index in [2.05, 4.69) is 23.4 Å². The van der Waals surface area contributed by atoms with Crippen LogP contribution in [0.3, 0.4) is 0 Å². The van der Waals surface area contributed by atoms with E-state index in [1.165, 1.54) is 12.8 Å². The van der Waals surface area contributed by atoms with Crippen LogP contribution in [0.4, 0.5) is 5.82 Å². The summed E-state index contributed by atoms with van der Waals surface area (Å²) in [5.41, 5.74) is 6.95. The third-order valence-corrected chi connectivity index (χ3v) is 2.48. The lowest BCUT2D eigenvalue weighted by atomic mass is 10.3. The fraction of sp³-hybridized carbons (Fsp3) is 0.727. The first kappa shape index (κ1) is 11.1. The Morgan fingerprint density at radius 1 is 1.29 bits per heavy atom. The maximum absolute atomic E-state index is 5.97. The van der Waals surface area contributed by atoms with Gasteiger partial charge in [0.25, 0.3) is 0 Å². The molecule has 0 bridgehead atoms. The van der Waals surface area contributed by atoms with Gasteiger partial charge in [0, 0.05) is 13.0 Å². The highest BCUT2D eigenvalue weighted by Gasteiger charge is 2.09. The molecule has 14 heavy (non-hydrogen) atoms. The first-order valence-electron chi connectivity index (χ1n) is 5.52. The predicted molar refractivity (Wildman–Crippen MR) is 60.3 cm³/mol. The van der Waals surface area contributed by atoms with Crippen LogP contribution in [0.5, 0.6) is 0 Å². The van der Waals surface area contributed by atoms with Crippen LogP contribution in [0.2, 0.25) is 0 Å². The molecule has 3 nitrogen and oxygen atoms in total. The largest absolute Gasteiger partial charge is 0.384 e. The summed E-state index contributed by atoms with van der Waals surface area (Å²) < 4.78 is 2.17. The van der Waals surface area contributed by atoms with Gasteiger partial charge in [-0.2, -0.15) is 0 Å². The molecule has 0 aromatic carbocycles. The summed E-state index contributed by atoms with van der Waals surface area (Å²) in [7, 11) is 0. The highest BCUT2D eigenvalue weighted by atomic mass is 15.1. The SMILES string of the molecule is CCCCn1c(CCC)nc(C)c1N. The standard InChI is InChI=1S/C11H21N3/c1-4-6-8-14-10(7-5-2)13-9(3)11(14)12/h4-8,12H2,1-3H3. The molecule has 3 heteroatoms. The number of nitrogens with two attached hydrogens (primary N) is 1. The van der Waals surface area contributed by atoms with Gasteiger partial charge < -0.3 is 10.3 Å². The summed E-state index contributed by atoms with van der Waals surface area (Å²) >= 11 is 0. The van der Waals surface area contributed by atoms with E-state index in [0.717, 1.165) is 36.7 Å². The second kappa shape index (κ2) is 5.03. The molecule has 0 saturated heterocycles. The molecule has 1 heterocycles. The molecule has 0 aliphatic carbocycles. The lowest BCUT2D eigenvalue weighted by Gasteiger charge is -2.07. The maximum atomic E-state index is 5.97. The zero-order valence-electron chi connectivity index (χ0n) is 9.51. The summed E-state index contributed by atoms with van der Waals surface area (Å²) in [4.78, 5) is 4.49. The Morgan fingerprint density at radius 2 is 2.00 bits per heavy atom. The minimum Gasteiger partial charge on any atom is -0.384 e. The number of nitrogen functional groups attached to an aromatic ring is 1. The summed E-state index contributed by atoms with van der Waals surface area (Å²) in [6, 6.07) is 0. The third kappa shape index (κ3) is 2.28.